The maximum absolute atomic E-state index is 12.7. The molecular weight excluding hydrogens is 442 g/mol. The minimum absolute atomic E-state index is 0.0901. The van der Waals surface area contributed by atoms with E-state index in [1.807, 2.05) is 48.0 Å². The summed E-state index contributed by atoms with van der Waals surface area (Å²) in [5.74, 6) is -0.487. The zero-order valence-electron chi connectivity index (χ0n) is 18.7. The Morgan fingerprint density at radius 2 is 1.94 bits per heavy atom. The number of nitrogens with zero attached hydrogens (tertiary/aromatic N) is 3. The summed E-state index contributed by atoms with van der Waals surface area (Å²) in [7, 11) is -3.03. The quantitative estimate of drug-likeness (QED) is 0.371. The van der Waals surface area contributed by atoms with E-state index in [1.165, 1.54) is 0 Å². The molecule has 0 bridgehead atoms. The van der Waals surface area contributed by atoms with Crippen LogP contribution < -0.4 is 0 Å². The minimum Gasteiger partial charge on any atom is -0.457 e. The first-order chi connectivity index (χ1) is 15.7. The van der Waals surface area contributed by atoms with E-state index in [9.17, 15) is 18.0 Å². The van der Waals surface area contributed by atoms with Crippen molar-refractivity contribution in [1.29, 1.82) is 0 Å². The molecule has 3 heterocycles. The Bertz CT molecular complexity index is 1270. The Kier molecular flexibility index (Phi) is 6.51. The Morgan fingerprint density at radius 3 is 2.64 bits per heavy atom. The van der Waals surface area contributed by atoms with Crippen LogP contribution in [0.4, 0.5) is 0 Å². The number of sulfone groups is 1. The van der Waals surface area contributed by atoms with Gasteiger partial charge in [-0.25, -0.2) is 13.1 Å². The van der Waals surface area contributed by atoms with Crippen molar-refractivity contribution in [3.8, 4) is 5.69 Å². The van der Waals surface area contributed by atoms with E-state index in [0.717, 1.165) is 16.9 Å². The molecule has 0 amide bonds. The predicted octanol–water partition coefficient (Wildman–Crippen LogP) is 3.01. The Balaban J connectivity index is 1.31. The molecule has 9 heteroatoms. The average molecular weight is 470 g/mol. The van der Waals surface area contributed by atoms with E-state index in [0.29, 0.717) is 24.1 Å². The molecule has 0 spiro atoms. The first-order valence-electron chi connectivity index (χ1n) is 10.9. The summed E-state index contributed by atoms with van der Waals surface area (Å²) in [5.41, 5.74) is 3.85. The molecule has 174 valence electrons. The van der Waals surface area contributed by atoms with Gasteiger partial charge in [0.15, 0.2) is 16.4 Å². The number of rotatable bonds is 8. The maximum Gasteiger partial charge on any atom is 0.306 e. The lowest BCUT2D eigenvalue weighted by atomic mass is 10.1. The van der Waals surface area contributed by atoms with Crippen molar-refractivity contribution in [3.05, 3.63) is 71.3 Å². The monoisotopic (exact) mass is 469 g/mol. The van der Waals surface area contributed by atoms with Gasteiger partial charge >= 0.3 is 5.97 Å². The highest BCUT2D eigenvalue weighted by Crippen LogP contribution is 2.29. The van der Waals surface area contributed by atoms with Gasteiger partial charge in [0.05, 0.1) is 23.4 Å². The zero-order chi connectivity index (χ0) is 23.6. The molecule has 4 rings (SSSR count). The second kappa shape index (κ2) is 9.35. The first kappa shape index (κ1) is 23.0. The van der Waals surface area contributed by atoms with Gasteiger partial charge in [0, 0.05) is 35.6 Å². The van der Waals surface area contributed by atoms with Gasteiger partial charge in [-0.2, -0.15) is 5.10 Å². The molecular formula is C24H27N3O5S. The largest absolute Gasteiger partial charge is 0.457 e. The number of benzene rings is 1. The van der Waals surface area contributed by atoms with Crippen LogP contribution in [-0.2, 0) is 25.8 Å². The van der Waals surface area contributed by atoms with E-state index in [1.54, 1.807) is 23.9 Å². The molecule has 0 aliphatic carbocycles. The highest BCUT2D eigenvalue weighted by atomic mass is 32.2. The Hall–Kier alpha value is -3.20. The lowest BCUT2D eigenvalue weighted by molar-refractivity contribution is -0.142. The summed E-state index contributed by atoms with van der Waals surface area (Å²) >= 11 is 0. The summed E-state index contributed by atoms with van der Waals surface area (Å²) in [5, 5.41) is 4.31. The molecule has 0 radical (unpaired) electrons. The summed E-state index contributed by atoms with van der Waals surface area (Å²) in [6.07, 6.45) is 4.73. The third kappa shape index (κ3) is 5.24. The van der Waals surface area contributed by atoms with Gasteiger partial charge in [-0.15, -0.1) is 0 Å². The maximum atomic E-state index is 12.7. The van der Waals surface area contributed by atoms with Crippen molar-refractivity contribution in [3.63, 3.8) is 0 Å². The molecule has 0 saturated carbocycles. The van der Waals surface area contributed by atoms with Crippen LogP contribution in [0.5, 0.6) is 0 Å². The topological polar surface area (TPSA) is 100 Å². The Labute approximate surface area is 193 Å². The van der Waals surface area contributed by atoms with Gasteiger partial charge < -0.3 is 9.30 Å². The number of carbonyl (C=O) groups excluding carboxylic acids is 2. The van der Waals surface area contributed by atoms with E-state index in [-0.39, 0.29) is 36.4 Å². The number of aryl methyl sites for hydroxylation is 2. The molecule has 1 saturated heterocycles. The number of Topliss-reactive ketones (excluding diaryl/α,β-unsaturated/α-hetero) is 1. The molecule has 1 aliphatic rings. The molecule has 1 fully saturated rings. The summed E-state index contributed by atoms with van der Waals surface area (Å²) < 4.78 is 32.6. The number of ketones is 1. The van der Waals surface area contributed by atoms with E-state index in [2.05, 4.69) is 5.10 Å². The molecule has 1 aliphatic heterocycles. The summed E-state index contributed by atoms with van der Waals surface area (Å²) in [6, 6.07) is 11.3. The standard InChI is InChI=1S/C24H27N3O5S/c1-17-12-22(18(2)27(17)21-10-11-33(30,31)16-21)23(28)15-32-24(29)9-8-19-13-25-26(14-19)20-6-4-3-5-7-20/h3-7,12-14,21H,8-11,15-16H2,1-2H3. The molecule has 33 heavy (non-hydrogen) atoms. The smallest absolute Gasteiger partial charge is 0.306 e. The molecule has 0 N–H and O–H groups in total. The third-order valence-corrected chi connectivity index (χ3v) is 7.75. The second-order valence-corrected chi connectivity index (χ2v) is 10.7. The third-order valence-electron chi connectivity index (χ3n) is 6.00. The van der Waals surface area contributed by atoms with Crippen LogP contribution in [0.25, 0.3) is 5.69 Å². The number of esters is 1. The van der Waals surface area contributed by atoms with Gasteiger partial charge in [0.25, 0.3) is 0 Å². The molecule has 1 atom stereocenters. The van der Waals surface area contributed by atoms with E-state index in [4.69, 9.17) is 4.74 Å². The molecule has 3 aromatic rings. The average Bonchev–Trinajstić information content (AvgIpc) is 3.48. The van der Waals surface area contributed by atoms with Crippen LogP contribution in [0.1, 0.15) is 46.2 Å². The lowest BCUT2D eigenvalue weighted by Gasteiger charge is -2.16. The summed E-state index contributed by atoms with van der Waals surface area (Å²) in [4.78, 5) is 24.9. The van der Waals surface area contributed by atoms with Crippen molar-refractivity contribution >= 4 is 21.6 Å². The van der Waals surface area contributed by atoms with Crippen molar-refractivity contribution in [2.75, 3.05) is 18.1 Å². The number of hydrogen-bond acceptors (Lipinski definition) is 6. The van der Waals surface area contributed by atoms with Crippen LogP contribution in [0.15, 0.2) is 48.8 Å². The number of carbonyl (C=O) groups is 2. The second-order valence-electron chi connectivity index (χ2n) is 8.42. The fraction of sp³-hybridized carbons (Fsp3) is 0.375. The van der Waals surface area contributed by atoms with Crippen molar-refractivity contribution in [1.82, 2.24) is 14.3 Å². The lowest BCUT2D eigenvalue weighted by Crippen LogP contribution is -2.17. The molecule has 2 aromatic heterocycles. The van der Waals surface area contributed by atoms with Crippen LogP contribution in [0.3, 0.4) is 0 Å². The highest BCUT2D eigenvalue weighted by molar-refractivity contribution is 7.91. The normalized spacial score (nSPS) is 17.2. The van der Waals surface area contributed by atoms with Gasteiger partial charge in [-0.3, -0.25) is 9.59 Å². The number of hydrogen-bond donors (Lipinski definition) is 0. The van der Waals surface area contributed by atoms with Gasteiger partial charge in [-0.1, -0.05) is 18.2 Å². The summed E-state index contributed by atoms with van der Waals surface area (Å²) in [6.45, 7) is 3.32. The van der Waals surface area contributed by atoms with Crippen LogP contribution in [-0.4, -0.2) is 52.6 Å². The fourth-order valence-corrected chi connectivity index (χ4v) is 6.05. The SMILES string of the molecule is Cc1cc(C(=O)COC(=O)CCc2cnn(-c3ccccc3)c2)c(C)n1C1CCS(=O)(=O)C1. The Morgan fingerprint density at radius 1 is 1.18 bits per heavy atom. The van der Waals surface area contributed by atoms with Crippen molar-refractivity contribution < 1.29 is 22.7 Å². The van der Waals surface area contributed by atoms with Crippen molar-refractivity contribution in [2.24, 2.45) is 0 Å². The molecule has 1 aromatic carbocycles. The van der Waals surface area contributed by atoms with E-state index < -0.39 is 15.8 Å². The fourth-order valence-electron chi connectivity index (χ4n) is 4.35. The van der Waals surface area contributed by atoms with Crippen LogP contribution in [0, 0.1) is 13.8 Å². The first-order valence-corrected chi connectivity index (χ1v) is 12.7. The van der Waals surface area contributed by atoms with Crippen LogP contribution in [0.2, 0.25) is 0 Å². The zero-order valence-corrected chi connectivity index (χ0v) is 19.5. The van der Waals surface area contributed by atoms with Gasteiger partial charge in [-0.05, 0) is 50.5 Å². The molecule has 8 nitrogen and oxygen atoms in total. The molecule has 1 unspecified atom stereocenters. The number of ether oxygens (including phenoxy) is 1. The number of para-hydroxylation sites is 1. The number of aromatic nitrogens is 3. The van der Waals surface area contributed by atoms with Crippen molar-refractivity contribution in [2.45, 2.75) is 39.2 Å². The highest BCUT2D eigenvalue weighted by Gasteiger charge is 2.31. The van der Waals surface area contributed by atoms with E-state index >= 15 is 0 Å². The van der Waals surface area contributed by atoms with Crippen LogP contribution >= 0.6 is 0 Å². The van der Waals surface area contributed by atoms with Gasteiger partial charge in [0.2, 0.25) is 5.78 Å². The van der Waals surface area contributed by atoms with Gasteiger partial charge in [0.1, 0.15) is 0 Å². The minimum atomic E-state index is -3.03. The predicted molar refractivity (Wildman–Crippen MR) is 123 cm³/mol.